The largest absolute Gasteiger partial charge is 0.477 e. The Morgan fingerprint density at radius 3 is 1.18 bits per heavy atom. The van der Waals surface area contributed by atoms with E-state index in [0.29, 0.717) is 19.3 Å². The second kappa shape index (κ2) is 44.4. The number of carbonyl (C=O) groups is 3. The standard InChI is InChI=1S/C53H99NO7/c1-6-8-10-12-14-16-18-20-22-24-26-28-29-31-33-35-37-39-41-43-51(55)60-48-49(47-59-46-45-50(53(57)58)54(3,4)5)61-52(56)44-42-40-38-36-34-32-30-27-25-23-21-19-17-15-13-11-9-7-2/h24,26-27,30,49-50H,6-23,25,28-29,31-48H2,1-5H3/p+1/b26-24+,30-27+. The number of unbranched alkanes of at least 4 members (excludes halogenated alkanes) is 29. The predicted molar refractivity (Wildman–Crippen MR) is 257 cm³/mol. The monoisotopic (exact) mass is 863 g/mol. The molecule has 1 N–H and O–H groups in total. The van der Waals surface area contributed by atoms with Crippen molar-refractivity contribution in [3.63, 3.8) is 0 Å². The molecule has 0 aromatic rings. The number of aliphatic carboxylic acids is 1. The number of hydrogen-bond acceptors (Lipinski definition) is 6. The van der Waals surface area contributed by atoms with Crippen LogP contribution < -0.4 is 0 Å². The van der Waals surface area contributed by atoms with E-state index in [9.17, 15) is 19.5 Å². The fraction of sp³-hybridized carbons (Fsp3) is 0.868. The summed E-state index contributed by atoms with van der Waals surface area (Å²) in [6.07, 6.45) is 50.8. The van der Waals surface area contributed by atoms with E-state index in [-0.39, 0.29) is 36.2 Å². The molecule has 0 heterocycles. The number of hydrogen-bond donors (Lipinski definition) is 1. The number of rotatable bonds is 47. The number of carboxylic acid groups (broad SMARTS) is 1. The minimum Gasteiger partial charge on any atom is -0.477 e. The average Bonchev–Trinajstić information content (AvgIpc) is 3.22. The molecule has 0 aliphatic heterocycles. The van der Waals surface area contributed by atoms with E-state index in [0.717, 1.165) is 51.4 Å². The second-order valence-electron chi connectivity index (χ2n) is 18.8. The van der Waals surface area contributed by atoms with Gasteiger partial charge in [0.15, 0.2) is 12.1 Å². The molecule has 2 unspecified atom stereocenters. The predicted octanol–water partition coefficient (Wildman–Crippen LogP) is 14.8. The van der Waals surface area contributed by atoms with Crippen molar-refractivity contribution >= 4 is 17.9 Å². The van der Waals surface area contributed by atoms with Gasteiger partial charge in [0, 0.05) is 19.3 Å². The van der Waals surface area contributed by atoms with Gasteiger partial charge in [-0.2, -0.15) is 0 Å². The van der Waals surface area contributed by atoms with Gasteiger partial charge in [-0.3, -0.25) is 9.59 Å². The normalized spacial score (nSPS) is 13.0. The summed E-state index contributed by atoms with van der Waals surface area (Å²) >= 11 is 0. The van der Waals surface area contributed by atoms with Crippen LogP contribution in [0.3, 0.4) is 0 Å². The average molecular weight is 863 g/mol. The highest BCUT2D eigenvalue weighted by atomic mass is 16.6. The first-order chi connectivity index (χ1) is 29.6. The summed E-state index contributed by atoms with van der Waals surface area (Å²) in [6, 6.07) is -0.615. The lowest BCUT2D eigenvalue weighted by Crippen LogP contribution is -2.50. The van der Waals surface area contributed by atoms with Crippen molar-refractivity contribution in [1.29, 1.82) is 0 Å². The molecule has 0 aromatic heterocycles. The molecule has 0 fully saturated rings. The van der Waals surface area contributed by atoms with Crippen molar-refractivity contribution in [2.75, 3.05) is 41.0 Å². The van der Waals surface area contributed by atoms with Crippen molar-refractivity contribution in [1.82, 2.24) is 0 Å². The van der Waals surface area contributed by atoms with E-state index in [1.807, 2.05) is 21.1 Å². The lowest BCUT2D eigenvalue weighted by Gasteiger charge is -2.31. The number of allylic oxidation sites excluding steroid dienone is 4. The lowest BCUT2D eigenvalue weighted by molar-refractivity contribution is -0.887. The molecular formula is C53H100NO7+. The van der Waals surface area contributed by atoms with E-state index in [2.05, 4.69) is 38.2 Å². The molecule has 0 saturated heterocycles. The van der Waals surface area contributed by atoms with Gasteiger partial charge in [-0.05, 0) is 64.2 Å². The van der Waals surface area contributed by atoms with E-state index in [1.54, 1.807) is 0 Å². The van der Waals surface area contributed by atoms with Gasteiger partial charge in [-0.1, -0.05) is 186 Å². The zero-order valence-corrected chi connectivity index (χ0v) is 40.9. The molecule has 2 atom stereocenters. The Labute approximate surface area is 377 Å². The van der Waals surface area contributed by atoms with Gasteiger partial charge in [0.2, 0.25) is 0 Å². The highest BCUT2D eigenvalue weighted by molar-refractivity contribution is 5.72. The number of carboxylic acids is 1. The number of esters is 2. The van der Waals surface area contributed by atoms with E-state index >= 15 is 0 Å². The van der Waals surface area contributed by atoms with Gasteiger partial charge < -0.3 is 23.8 Å². The summed E-state index contributed by atoms with van der Waals surface area (Å²) in [4.78, 5) is 37.1. The minimum absolute atomic E-state index is 0.0531. The van der Waals surface area contributed by atoms with Crippen molar-refractivity contribution in [3.05, 3.63) is 24.3 Å². The van der Waals surface area contributed by atoms with Gasteiger partial charge in [-0.25, -0.2) is 4.79 Å². The molecule has 0 radical (unpaired) electrons. The van der Waals surface area contributed by atoms with Gasteiger partial charge in [0.05, 0.1) is 34.4 Å². The maximum Gasteiger partial charge on any atom is 0.362 e. The summed E-state index contributed by atoms with van der Waals surface area (Å²) in [5, 5.41) is 9.65. The third kappa shape index (κ3) is 42.9. The smallest absolute Gasteiger partial charge is 0.362 e. The molecule has 0 aromatic carbocycles. The lowest BCUT2D eigenvalue weighted by atomic mass is 10.1. The van der Waals surface area contributed by atoms with Crippen molar-refractivity contribution in [2.24, 2.45) is 0 Å². The van der Waals surface area contributed by atoms with Crippen LogP contribution in [0.2, 0.25) is 0 Å². The third-order valence-electron chi connectivity index (χ3n) is 11.8. The Morgan fingerprint density at radius 1 is 0.475 bits per heavy atom. The van der Waals surface area contributed by atoms with Crippen LogP contribution in [0.4, 0.5) is 0 Å². The fourth-order valence-corrected chi connectivity index (χ4v) is 7.79. The first-order valence-electron chi connectivity index (χ1n) is 25.9. The van der Waals surface area contributed by atoms with Crippen LogP contribution >= 0.6 is 0 Å². The fourth-order valence-electron chi connectivity index (χ4n) is 7.79. The molecule has 0 spiro atoms. The van der Waals surface area contributed by atoms with Crippen LogP contribution in [0.15, 0.2) is 24.3 Å². The molecule has 358 valence electrons. The summed E-state index contributed by atoms with van der Waals surface area (Å²) in [5.41, 5.74) is 0. The molecule has 0 saturated carbocycles. The third-order valence-corrected chi connectivity index (χ3v) is 11.8. The molecule has 61 heavy (non-hydrogen) atoms. The van der Waals surface area contributed by atoms with Gasteiger partial charge in [-0.15, -0.1) is 0 Å². The van der Waals surface area contributed by atoms with E-state index < -0.39 is 18.1 Å². The van der Waals surface area contributed by atoms with Crippen LogP contribution in [0.1, 0.15) is 245 Å². The maximum atomic E-state index is 12.8. The van der Waals surface area contributed by atoms with Crippen LogP contribution in [0.25, 0.3) is 0 Å². The zero-order valence-electron chi connectivity index (χ0n) is 40.9. The molecule has 0 bridgehead atoms. The van der Waals surface area contributed by atoms with Crippen molar-refractivity contribution < 1.29 is 38.2 Å². The van der Waals surface area contributed by atoms with E-state index in [1.165, 1.54) is 161 Å². The van der Waals surface area contributed by atoms with E-state index in [4.69, 9.17) is 14.2 Å². The van der Waals surface area contributed by atoms with Gasteiger partial charge in [0.1, 0.15) is 6.61 Å². The van der Waals surface area contributed by atoms with Crippen molar-refractivity contribution in [3.8, 4) is 0 Å². The number of quaternary nitrogens is 1. The Bertz CT molecular complexity index is 1050. The highest BCUT2D eigenvalue weighted by Crippen LogP contribution is 2.15. The zero-order chi connectivity index (χ0) is 44.9. The number of carbonyl (C=O) groups excluding carboxylic acids is 2. The highest BCUT2D eigenvalue weighted by Gasteiger charge is 2.31. The topological polar surface area (TPSA) is 99.1 Å². The summed E-state index contributed by atoms with van der Waals surface area (Å²) in [6.45, 7) is 4.76. The Balaban J connectivity index is 4.25. The number of ether oxygens (including phenoxy) is 3. The molecular weight excluding hydrogens is 763 g/mol. The molecule has 0 aliphatic carbocycles. The summed E-state index contributed by atoms with van der Waals surface area (Å²) < 4.78 is 17.4. The first-order valence-corrected chi connectivity index (χ1v) is 25.9. The minimum atomic E-state index is -0.874. The molecule has 0 aliphatic rings. The Kier molecular flexibility index (Phi) is 42.8. The Morgan fingerprint density at radius 2 is 0.820 bits per heavy atom. The summed E-state index contributed by atoms with van der Waals surface area (Å²) in [5.74, 6) is -1.47. The molecule has 8 nitrogen and oxygen atoms in total. The maximum absolute atomic E-state index is 12.8. The number of likely N-dealkylation sites (N-methyl/N-ethyl adjacent to an activating group) is 1. The second-order valence-corrected chi connectivity index (χ2v) is 18.8. The van der Waals surface area contributed by atoms with Crippen LogP contribution in [0, 0.1) is 0 Å². The first kappa shape index (κ1) is 58.8. The van der Waals surface area contributed by atoms with Gasteiger partial charge >= 0.3 is 17.9 Å². The molecule has 0 rings (SSSR count). The summed E-state index contributed by atoms with van der Waals surface area (Å²) in [7, 11) is 5.54. The van der Waals surface area contributed by atoms with Crippen LogP contribution in [-0.4, -0.2) is 80.6 Å². The molecule has 0 amide bonds. The molecule has 8 heteroatoms. The van der Waals surface area contributed by atoms with Crippen molar-refractivity contribution in [2.45, 2.75) is 257 Å². The Hall–Kier alpha value is -2.19. The van der Waals surface area contributed by atoms with Crippen LogP contribution in [0.5, 0.6) is 0 Å². The van der Waals surface area contributed by atoms with Crippen LogP contribution in [-0.2, 0) is 28.6 Å². The number of nitrogens with zero attached hydrogens (tertiary/aromatic N) is 1. The SMILES string of the molecule is CCCCCCCCCC/C=C/CCCCCCCCCC(=O)OCC(COCCC(C(=O)O)[N+](C)(C)C)OC(=O)CCCCCCC/C=C/CCCCCCCCCCC. The van der Waals surface area contributed by atoms with Gasteiger partial charge in [0.25, 0.3) is 0 Å². The quantitative estimate of drug-likeness (QED) is 0.0281.